The zero-order chi connectivity index (χ0) is 22.7. The standard InChI is InChI=1S/C22H27ClO8/c1-3-30-13-6-4-11(5-7-13)8-12-9-14(21(29-2)18(26)16(12)23)22-20(28)19(27)17(25)15(10-24)31-22/h4-7,9,15,17,19-20,22,24-28H,3,8,10H2,1-2H3/t15-,17-,19+,20-,22+/m1/s1. The second-order valence-corrected chi connectivity index (χ2v) is 7.70. The molecule has 1 heterocycles. The first kappa shape index (κ1) is 23.6. The van der Waals surface area contributed by atoms with Crippen molar-refractivity contribution < 1.29 is 39.7 Å². The third-order valence-corrected chi connectivity index (χ3v) is 5.75. The number of halogens is 1. The Kier molecular flexibility index (Phi) is 7.64. The molecule has 1 aliphatic rings. The van der Waals surface area contributed by atoms with Crippen LogP contribution in [0.25, 0.3) is 0 Å². The highest BCUT2D eigenvalue weighted by Gasteiger charge is 2.45. The van der Waals surface area contributed by atoms with Gasteiger partial charge < -0.3 is 39.7 Å². The highest BCUT2D eigenvalue weighted by atomic mass is 35.5. The van der Waals surface area contributed by atoms with Crippen LogP contribution >= 0.6 is 11.6 Å². The zero-order valence-corrected chi connectivity index (χ0v) is 18.0. The van der Waals surface area contributed by atoms with Gasteiger partial charge in [-0.25, -0.2) is 0 Å². The highest BCUT2D eigenvalue weighted by Crippen LogP contribution is 2.46. The Morgan fingerprint density at radius 2 is 1.74 bits per heavy atom. The summed E-state index contributed by atoms with van der Waals surface area (Å²) in [6, 6.07) is 9.01. The third-order valence-electron chi connectivity index (χ3n) is 5.33. The van der Waals surface area contributed by atoms with Crippen molar-refractivity contribution in [2.75, 3.05) is 20.3 Å². The first-order valence-electron chi connectivity index (χ1n) is 9.92. The molecule has 5 atom stereocenters. The van der Waals surface area contributed by atoms with Crippen LogP contribution in [0.2, 0.25) is 5.02 Å². The molecule has 5 N–H and O–H groups in total. The van der Waals surface area contributed by atoms with Gasteiger partial charge in [-0.3, -0.25) is 0 Å². The SMILES string of the molecule is CCOc1ccc(Cc2cc([C@@H]3O[C@H](CO)[C@@H](O)[C@H](O)[C@H]3O)c(OC)c(O)c2Cl)cc1. The summed E-state index contributed by atoms with van der Waals surface area (Å²) in [5.41, 5.74) is 1.67. The topological polar surface area (TPSA) is 129 Å². The smallest absolute Gasteiger partial charge is 0.177 e. The van der Waals surface area contributed by atoms with E-state index < -0.39 is 37.1 Å². The molecular formula is C22H27ClO8. The normalized spacial score (nSPS) is 26.0. The van der Waals surface area contributed by atoms with E-state index in [9.17, 15) is 25.5 Å². The highest BCUT2D eigenvalue weighted by molar-refractivity contribution is 6.33. The van der Waals surface area contributed by atoms with E-state index in [0.717, 1.165) is 11.3 Å². The second-order valence-electron chi connectivity index (χ2n) is 7.32. The molecule has 2 aromatic rings. The monoisotopic (exact) mass is 454 g/mol. The van der Waals surface area contributed by atoms with Crippen LogP contribution in [0.15, 0.2) is 30.3 Å². The molecule has 0 spiro atoms. The Labute approximate surface area is 185 Å². The first-order chi connectivity index (χ1) is 14.8. The number of aromatic hydroxyl groups is 1. The van der Waals surface area contributed by atoms with Crippen molar-refractivity contribution in [2.45, 2.75) is 43.9 Å². The summed E-state index contributed by atoms with van der Waals surface area (Å²) < 4.78 is 16.4. The molecule has 3 rings (SSSR count). The molecule has 0 unspecified atom stereocenters. The number of phenolic OH excluding ortho intramolecular Hbond substituents is 1. The van der Waals surface area contributed by atoms with Crippen LogP contribution in [0.3, 0.4) is 0 Å². The van der Waals surface area contributed by atoms with E-state index in [1.807, 2.05) is 31.2 Å². The molecule has 8 nitrogen and oxygen atoms in total. The van der Waals surface area contributed by atoms with Crippen molar-refractivity contribution in [1.29, 1.82) is 0 Å². The fraction of sp³-hybridized carbons (Fsp3) is 0.455. The Morgan fingerprint density at radius 3 is 2.32 bits per heavy atom. The fourth-order valence-electron chi connectivity index (χ4n) is 3.71. The van der Waals surface area contributed by atoms with Crippen molar-refractivity contribution in [3.8, 4) is 17.2 Å². The number of aliphatic hydroxyl groups is 4. The summed E-state index contributed by atoms with van der Waals surface area (Å²) in [7, 11) is 1.32. The Bertz CT molecular complexity index is 886. The maximum Gasteiger partial charge on any atom is 0.177 e. The molecule has 0 saturated carbocycles. The summed E-state index contributed by atoms with van der Waals surface area (Å²) in [4.78, 5) is 0. The minimum absolute atomic E-state index is 0.0234. The lowest BCUT2D eigenvalue weighted by atomic mass is 9.89. The van der Waals surface area contributed by atoms with Gasteiger partial charge in [-0.1, -0.05) is 23.7 Å². The largest absolute Gasteiger partial charge is 0.503 e. The van der Waals surface area contributed by atoms with Crippen LogP contribution in [0.5, 0.6) is 17.2 Å². The molecule has 0 amide bonds. The molecule has 2 aromatic carbocycles. The maximum absolute atomic E-state index is 10.6. The fourth-order valence-corrected chi connectivity index (χ4v) is 3.92. The van der Waals surface area contributed by atoms with Crippen LogP contribution in [0.1, 0.15) is 29.7 Å². The van der Waals surface area contributed by atoms with E-state index in [2.05, 4.69) is 0 Å². The molecular weight excluding hydrogens is 428 g/mol. The Morgan fingerprint density at radius 1 is 1.06 bits per heavy atom. The van der Waals surface area contributed by atoms with E-state index in [-0.39, 0.29) is 22.1 Å². The van der Waals surface area contributed by atoms with Gasteiger partial charge in [0.1, 0.15) is 36.3 Å². The van der Waals surface area contributed by atoms with Gasteiger partial charge in [0.25, 0.3) is 0 Å². The molecule has 1 aliphatic heterocycles. The van der Waals surface area contributed by atoms with Crippen LogP contribution in [-0.2, 0) is 11.2 Å². The minimum atomic E-state index is -1.56. The molecule has 1 fully saturated rings. The molecule has 0 aromatic heterocycles. The van der Waals surface area contributed by atoms with E-state index in [1.54, 1.807) is 6.07 Å². The number of rotatable bonds is 7. The maximum atomic E-state index is 10.6. The predicted octanol–water partition coefficient (Wildman–Crippen LogP) is 1.56. The first-order valence-corrected chi connectivity index (χ1v) is 10.3. The average Bonchev–Trinajstić information content (AvgIpc) is 2.77. The van der Waals surface area contributed by atoms with Gasteiger partial charge in [0.2, 0.25) is 0 Å². The lowest BCUT2D eigenvalue weighted by molar-refractivity contribution is -0.232. The van der Waals surface area contributed by atoms with Crippen molar-refractivity contribution in [2.24, 2.45) is 0 Å². The Hall–Kier alpha value is -2.07. The van der Waals surface area contributed by atoms with Gasteiger partial charge in [-0.05, 0) is 42.7 Å². The van der Waals surface area contributed by atoms with Crippen molar-refractivity contribution in [1.82, 2.24) is 0 Å². The summed E-state index contributed by atoms with van der Waals surface area (Å²) in [6.07, 6.45) is -6.49. The van der Waals surface area contributed by atoms with E-state index in [1.165, 1.54) is 7.11 Å². The number of benzene rings is 2. The van der Waals surface area contributed by atoms with Crippen LogP contribution in [-0.4, -0.2) is 70.3 Å². The number of hydrogen-bond acceptors (Lipinski definition) is 8. The van der Waals surface area contributed by atoms with E-state index in [4.69, 9.17) is 25.8 Å². The summed E-state index contributed by atoms with van der Waals surface area (Å²) in [5, 5.41) is 50.9. The van der Waals surface area contributed by atoms with Crippen molar-refractivity contribution >= 4 is 11.6 Å². The minimum Gasteiger partial charge on any atom is -0.503 e. The number of aliphatic hydroxyl groups excluding tert-OH is 4. The molecule has 0 aliphatic carbocycles. The quantitative estimate of drug-likeness (QED) is 0.426. The molecule has 1 saturated heterocycles. The van der Waals surface area contributed by atoms with E-state index >= 15 is 0 Å². The van der Waals surface area contributed by atoms with Gasteiger partial charge in [0.05, 0.1) is 25.3 Å². The summed E-state index contributed by atoms with van der Waals surface area (Å²) in [6.45, 7) is 1.89. The van der Waals surface area contributed by atoms with Crippen LogP contribution < -0.4 is 9.47 Å². The molecule has 9 heteroatoms. The Balaban J connectivity index is 1.99. The summed E-state index contributed by atoms with van der Waals surface area (Å²) in [5.74, 6) is 0.376. The van der Waals surface area contributed by atoms with Gasteiger partial charge in [-0.15, -0.1) is 0 Å². The van der Waals surface area contributed by atoms with Crippen LogP contribution in [0, 0.1) is 0 Å². The average molecular weight is 455 g/mol. The molecule has 0 bridgehead atoms. The van der Waals surface area contributed by atoms with Crippen molar-refractivity contribution in [3.05, 3.63) is 52.0 Å². The van der Waals surface area contributed by atoms with Gasteiger partial charge in [0, 0.05) is 5.56 Å². The number of hydrogen-bond donors (Lipinski definition) is 5. The van der Waals surface area contributed by atoms with Gasteiger partial charge in [-0.2, -0.15) is 0 Å². The molecule has 0 radical (unpaired) electrons. The van der Waals surface area contributed by atoms with E-state index in [0.29, 0.717) is 18.6 Å². The predicted molar refractivity (Wildman–Crippen MR) is 113 cm³/mol. The zero-order valence-electron chi connectivity index (χ0n) is 17.2. The molecule has 170 valence electrons. The lowest BCUT2D eigenvalue weighted by Gasteiger charge is -2.40. The lowest BCUT2D eigenvalue weighted by Crippen LogP contribution is -2.55. The third kappa shape index (κ3) is 4.74. The second kappa shape index (κ2) is 10.0. The van der Waals surface area contributed by atoms with Crippen molar-refractivity contribution in [3.63, 3.8) is 0 Å². The van der Waals surface area contributed by atoms with Gasteiger partial charge >= 0.3 is 0 Å². The number of ether oxygens (including phenoxy) is 3. The number of methoxy groups -OCH3 is 1. The van der Waals surface area contributed by atoms with Crippen LogP contribution in [0.4, 0.5) is 0 Å². The summed E-state index contributed by atoms with van der Waals surface area (Å²) >= 11 is 6.38. The number of phenols is 1. The molecule has 31 heavy (non-hydrogen) atoms. The van der Waals surface area contributed by atoms with Gasteiger partial charge in [0.15, 0.2) is 11.5 Å².